The first-order valence-corrected chi connectivity index (χ1v) is 10.4. The van der Waals surface area contributed by atoms with Crippen molar-refractivity contribution in [1.82, 2.24) is 9.80 Å². The molecule has 1 aliphatic heterocycles. The van der Waals surface area contributed by atoms with Gasteiger partial charge in [0.2, 0.25) is 5.91 Å². The van der Waals surface area contributed by atoms with Gasteiger partial charge in [-0.3, -0.25) is 14.5 Å². The summed E-state index contributed by atoms with van der Waals surface area (Å²) in [4.78, 5) is 28.8. The number of nitrogens with one attached hydrogen (secondary N) is 1. The van der Waals surface area contributed by atoms with E-state index in [9.17, 15) is 9.59 Å². The van der Waals surface area contributed by atoms with E-state index in [0.29, 0.717) is 48.3 Å². The van der Waals surface area contributed by atoms with Crippen LogP contribution in [0.2, 0.25) is 10.0 Å². The van der Waals surface area contributed by atoms with E-state index in [2.05, 4.69) is 21.2 Å². The lowest BCUT2D eigenvalue weighted by molar-refractivity contribution is -0.117. The number of hydrogen-bond donors (Lipinski definition) is 1. The second kappa shape index (κ2) is 9.27. The summed E-state index contributed by atoms with van der Waals surface area (Å²) in [5.41, 5.74) is 2.25. The van der Waals surface area contributed by atoms with Crippen LogP contribution in [-0.2, 0) is 4.79 Å². The third kappa shape index (κ3) is 5.26. The first kappa shape index (κ1) is 21.1. The van der Waals surface area contributed by atoms with E-state index in [1.54, 1.807) is 23.1 Å². The summed E-state index contributed by atoms with van der Waals surface area (Å²) in [5, 5.41) is 3.79. The van der Waals surface area contributed by atoms with Crippen molar-refractivity contribution in [2.24, 2.45) is 0 Å². The molecule has 0 atom stereocenters. The second-order valence-electron chi connectivity index (χ2n) is 6.70. The van der Waals surface area contributed by atoms with Crippen molar-refractivity contribution in [3.63, 3.8) is 0 Å². The van der Waals surface area contributed by atoms with Crippen LogP contribution in [0.1, 0.15) is 15.9 Å². The lowest BCUT2D eigenvalue weighted by atomic mass is 10.1. The number of rotatable bonds is 4. The fourth-order valence-corrected chi connectivity index (χ4v) is 4.07. The molecule has 1 heterocycles. The average Bonchev–Trinajstić information content (AvgIpc) is 2.64. The molecule has 5 nitrogen and oxygen atoms in total. The van der Waals surface area contributed by atoms with Gasteiger partial charge in [0.05, 0.1) is 17.1 Å². The van der Waals surface area contributed by atoms with E-state index in [-0.39, 0.29) is 11.8 Å². The molecule has 8 heteroatoms. The molecule has 0 saturated carbocycles. The van der Waals surface area contributed by atoms with Gasteiger partial charge in [-0.05, 0) is 48.9 Å². The third-order valence-corrected chi connectivity index (χ3v) is 5.69. The molecule has 0 radical (unpaired) electrons. The molecule has 2 amide bonds. The Bertz CT molecular complexity index is 899. The highest BCUT2D eigenvalue weighted by atomic mass is 79.9. The summed E-state index contributed by atoms with van der Waals surface area (Å²) >= 11 is 15.5. The summed E-state index contributed by atoms with van der Waals surface area (Å²) < 4.78 is 0.976. The molecule has 0 unspecified atom stereocenters. The molecule has 0 bridgehead atoms. The molecule has 1 saturated heterocycles. The molecule has 0 aliphatic carbocycles. The third-order valence-electron chi connectivity index (χ3n) is 4.65. The minimum atomic E-state index is -0.115. The zero-order chi connectivity index (χ0) is 20.3. The van der Waals surface area contributed by atoms with Gasteiger partial charge in [-0.15, -0.1) is 0 Å². The molecule has 0 spiro atoms. The van der Waals surface area contributed by atoms with Crippen LogP contribution >= 0.6 is 39.1 Å². The molecule has 1 aliphatic rings. The first-order valence-electron chi connectivity index (χ1n) is 8.86. The van der Waals surface area contributed by atoms with Gasteiger partial charge < -0.3 is 10.2 Å². The predicted molar refractivity (Wildman–Crippen MR) is 116 cm³/mol. The van der Waals surface area contributed by atoms with E-state index < -0.39 is 0 Å². The Morgan fingerprint density at radius 2 is 1.79 bits per heavy atom. The SMILES string of the molecule is Cc1cc(Br)ccc1NC(=O)CN1CCN(C(=O)c2ccc(Cl)cc2Cl)CC1. The Morgan fingerprint density at radius 1 is 1.07 bits per heavy atom. The standard InChI is InChI=1S/C20H20BrCl2N3O2/c1-13-10-14(21)2-5-18(13)24-19(27)12-25-6-8-26(9-7-25)20(28)16-4-3-15(22)11-17(16)23/h2-5,10-11H,6-9,12H2,1H3,(H,24,27). The minimum absolute atomic E-state index is 0.0639. The summed E-state index contributed by atoms with van der Waals surface area (Å²) in [5.74, 6) is -0.179. The Morgan fingerprint density at radius 3 is 2.43 bits per heavy atom. The summed E-state index contributed by atoms with van der Waals surface area (Å²) in [6, 6.07) is 10.6. The summed E-state index contributed by atoms with van der Waals surface area (Å²) in [6.07, 6.45) is 0. The van der Waals surface area contributed by atoms with Crippen LogP contribution < -0.4 is 5.32 Å². The number of halogens is 3. The lowest BCUT2D eigenvalue weighted by Crippen LogP contribution is -2.50. The van der Waals surface area contributed by atoms with Gasteiger partial charge in [0, 0.05) is 41.4 Å². The zero-order valence-corrected chi connectivity index (χ0v) is 18.4. The number of hydrogen-bond acceptors (Lipinski definition) is 3. The average molecular weight is 485 g/mol. The van der Waals surface area contributed by atoms with Crippen LogP contribution in [0.15, 0.2) is 40.9 Å². The van der Waals surface area contributed by atoms with Gasteiger partial charge in [-0.25, -0.2) is 0 Å². The van der Waals surface area contributed by atoms with Crippen molar-refractivity contribution in [2.75, 3.05) is 38.0 Å². The molecule has 0 aromatic heterocycles. The number of piperazine rings is 1. The number of carbonyl (C=O) groups excluding carboxylic acids is 2. The van der Waals surface area contributed by atoms with Crippen molar-refractivity contribution in [1.29, 1.82) is 0 Å². The number of anilines is 1. The van der Waals surface area contributed by atoms with Gasteiger partial charge in [0.1, 0.15) is 0 Å². The quantitative estimate of drug-likeness (QED) is 0.696. The van der Waals surface area contributed by atoms with Gasteiger partial charge in [0.15, 0.2) is 0 Å². The Balaban J connectivity index is 1.52. The zero-order valence-electron chi connectivity index (χ0n) is 15.3. The smallest absolute Gasteiger partial charge is 0.255 e. The van der Waals surface area contributed by atoms with Crippen molar-refractivity contribution in [2.45, 2.75) is 6.92 Å². The van der Waals surface area contributed by atoms with Crippen LogP contribution in [-0.4, -0.2) is 54.3 Å². The van der Waals surface area contributed by atoms with Crippen LogP contribution in [0.3, 0.4) is 0 Å². The topological polar surface area (TPSA) is 52.7 Å². The fourth-order valence-electron chi connectivity index (χ4n) is 3.10. The minimum Gasteiger partial charge on any atom is -0.336 e. The maximum absolute atomic E-state index is 12.7. The highest BCUT2D eigenvalue weighted by molar-refractivity contribution is 9.10. The Hall–Kier alpha value is -1.60. The van der Waals surface area contributed by atoms with Crippen molar-refractivity contribution in [3.05, 3.63) is 62.0 Å². The van der Waals surface area contributed by atoms with E-state index in [0.717, 1.165) is 15.7 Å². The highest BCUT2D eigenvalue weighted by Crippen LogP contribution is 2.23. The van der Waals surface area contributed by atoms with Crippen LogP contribution in [0.25, 0.3) is 0 Å². The number of amides is 2. The van der Waals surface area contributed by atoms with Gasteiger partial charge in [-0.1, -0.05) is 39.1 Å². The van der Waals surface area contributed by atoms with E-state index in [1.807, 2.05) is 30.0 Å². The molecule has 1 N–H and O–H groups in total. The fraction of sp³-hybridized carbons (Fsp3) is 0.300. The summed E-state index contributed by atoms with van der Waals surface area (Å²) in [6.45, 7) is 4.59. The first-order chi connectivity index (χ1) is 13.3. The van der Waals surface area contributed by atoms with Crippen LogP contribution in [0.4, 0.5) is 5.69 Å². The molecule has 148 valence electrons. The van der Waals surface area contributed by atoms with Crippen molar-refractivity contribution < 1.29 is 9.59 Å². The van der Waals surface area contributed by atoms with Crippen LogP contribution in [0, 0.1) is 6.92 Å². The number of carbonyl (C=O) groups is 2. The van der Waals surface area contributed by atoms with Gasteiger partial charge in [-0.2, -0.15) is 0 Å². The summed E-state index contributed by atoms with van der Waals surface area (Å²) in [7, 11) is 0. The maximum atomic E-state index is 12.7. The number of nitrogens with zero attached hydrogens (tertiary/aromatic N) is 2. The largest absolute Gasteiger partial charge is 0.336 e. The molecule has 28 heavy (non-hydrogen) atoms. The predicted octanol–water partition coefficient (Wildman–Crippen LogP) is 4.46. The Labute approximate surface area is 182 Å². The van der Waals surface area contributed by atoms with E-state index in [4.69, 9.17) is 23.2 Å². The van der Waals surface area contributed by atoms with Crippen molar-refractivity contribution in [3.8, 4) is 0 Å². The van der Waals surface area contributed by atoms with E-state index in [1.165, 1.54) is 0 Å². The van der Waals surface area contributed by atoms with Gasteiger partial charge >= 0.3 is 0 Å². The maximum Gasteiger partial charge on any atom is 0.255 e. The molecule has 2 aromatic carbocycles. The lowest BCUT2D eigenvalue weighted by Gasteiger charge is -2.34. The van der Waals surface area contributed by atoms with E-state index >= 15 is 0 Å². The van der Waals surface area contributed by atoms with Crippen LogP contribution in [0.5, 0.6) is 0 Å². The van der Waals surface area contributed by atoms with Gasteiger partial charge in [0.25, 0.3) is 5.91 Å². The molecular weight excluding hydrogens is 465 g/mol. The molecular formula is C20H20BrCl2N3O2. The number of aryl methyl sites for hydroxylation is 1. The normalized spacial score (nSPS) is 14.8. The molecule has 1 fully saturated rings. The monoisotopic (exact) mass is 483 g/mol. The second-order valence-corrected chi connectivity index (χ2v) is 8.46. The molecule has 3 rings (SSSR count). The number of benzene rings is 2. The van der Waals surface area contributed by atoms with Crippen molar-refractivity contribution >= 4 is 56.6 Å². The molecule has 2 aromatic rings. The Kier molecular flexibility index (Phi) is 6.99. The highest BCUT2D eigenvalue weighted by Gasteiger charge is 2.24.